The summed E-state index contributed by atoms with van der Waals surface area (Å²) in [5.41, 5.74) is 2.40. The molecule has 0 radical (unpaired) electrons. The van der Waals surface area contributed by atoms with Crippen molar-refractivity contribution in [3.05, 3.63) is 42.0 Å². The van der Waals surface area contributed by atoms with E-state index < -0.39 is 0 Å². The Labute approximate surface area is 172 Å². The van der Waals surface area contributed by atoms with E-state index in [4.69, 9.17) is 14.2 Å². The van der Waals surface area contributed by atoms with Gasteiger partial charge < -0.3 is 24.0 Å². The molecule has 0 N–H and O–H groups in total. The number of benzene rings is 2. The molecule has 0 aliphatic carbocycles. The maximum atomic E-state index is 12.0. The summed E-state index contributed by atoms with van der Waals surface area (Å²) in [4.78, 5) is 16.7. The number of carbonyl (C=O) groups is 1. The molecular weight excluding hydrogens is 368 g/mol. The zero-order chi connectivity index (χ0) is 20.5. The maximum absolute atomic E-state index is 12.0. The molecule has 2 heterocycles. The molecule has 2 unspecified atom stereocenters. The summed E-state index contributed by atoms with van der Waals surface area (Å²) in [7, 11) is 5.24. The Hall–Kier alpha value is -2.73. The molecule has 6 heteroatoms. The number of carbonyl (C=O) groups excluding carboxylic acids is 1. The van der Waals surface area contributed by atoms with E-state index in [-0.39, 0.29) is 5.97 Å². The van der Waals surface area contributed by atoms with Gasteiger partial charge in [-0.15, -0.1) is 0 Å². The summed E-state index contributed by atoms with van der Waals surface area (Å²) < 4.78 is 16.6. The summed E-state index contributed by atoms with van der Waals surface area (Å²) in [6.07, 6.45) is 3.52. The fourth-order valence-corrected chi connectivity index (χ4v) is 4.35. The number of methoxy groups -OCH3 is 2. The van der Waals surface area contributed by atoms with Crippen LogP contribution in [0, 0.1) is 0 Å². The van der Waals surface area contributed by atoms with Crippen molar-refractivity contribution in [1.82, 2.24) is 4.90 Å². The molecule has 4 rings (SSSR count). The second kappa shape index (κ2) is 7.95. The molecule has 6 nitrogen and oxygen atoms in total. The normalized spacial score (nSPS) is 20.6. The quantitative estimate of drug-likeness (QED) is 0.689. The Morgan fingerprint density at radius 1 is 1.17 bits per heavy atom. The van der Waals surface area contributed by atoms with Crippen LogP contribution in [0.5, 0.6) is 17.2 Å². The Kier molecular flexibility index (Phi) is 5.37. The first-order chi connectivity index (χ1) is 14.0. The highest BCUT2D eigenvalue weighted by atomic mass is 16.5. The molecule has 2 aromatic carbocycles. The van der Waals surface area contributed by atoms with Crippen LogP contribution < -0.4 is 14.4 Å². The van der Waals surface area contributed by atoms with Gasteiger partial charge in [0.1, 0.15) is 0 Å². The Balaban J connectivity index is 1.69. The molecule has 154 valence electrons. The number of esters is 1. The summed E-state index contributed by atoms with van der Waals surface area (Å²) in [6.45, 7) is 3.15. The van der Waals surface area contributed by atoms with Gasteiger partial charge >= 0.3 is 5.97 Å². The molecule has 1 saturated heterocycles. The van der Waals surface area contributed by atoms with Crippen molar-refractivity contribution < 1.29 is 19.0 Å². The number of nitrogens with zero attached hydrogens (tertiary/aromatic N) is 2. The van der Waals surface area contributed by atoms with E-state index in [0.717, 1.165) is 24.3 Å². The van der Waals surface area contributed by atoms with Crippen LogP contribution in [-0.4, -0.2) is 50.8 Å². The summed E-state index contributed by atoms with van der Waals surface area (Å²) >= 11 is 0. The van der Waals surface area contributed by atoms with Gasteiger partial charge in [-0.3, -0.25) is 0 Å². The first-order valence-corrected chi connectivity index (χ1v) is 10.1. The number of hydrogen-bond acceptors (Lipinski definition) is 6. The van der Waals surface area contributed by atoms with Gasteiger partial charge in [0.2, 0.25) is 0 Å². The van der Waals surface area contributed by atoms with Gasteiger partial charge in [0.05, 0.1) is 31.2 Å². The number of fused-ring (bicyclic) bond motifs is 2. The SMILES string of the molecule is COC(=O)c1ccc2c(c1)Oc1c(OC)cccc1N2CCC1CCC(C)N1C. The largest absolute Gasteiger partial charge is 0.493 e. The number of hydrogen-bond donors (Lipinski definition) is 0. The molecule has 0 aromatic heterocycles. The van der Waals surface area contributed by atoms with Crippen molar-refractivity contribution in [3.8, 4) is 17.2 Å². The minimum absolute atomic E-state index is 0.379. The van der Waals surface area contributed by atoms with Crippen LogP contribution in [0.3, 0.4) is 0 Å². The average molecular weight is 396 g/mol. The molecule has 1 fully saturated rings. The maximum Gasteiger partial charge on any atom is 0.337 e. The van der Waals surface area contributed by atoms with Crippen molar-refractivity contribution in [3.63, 3.8) is 0 Å². The molecule has 0 spiro atoms. The van der Waals surface area contributed by atoms with E-state index in [0.29, 0.717) is 34.9 Å². The van der Waals surface area contributed by atoms with Gasteiger partial charge in [0, 0.05) is 18.6 Å². The predicted molar refractivity (Wildman–Crippen MR) is 113 cm³/mol. The summed E-state index contributed by atoms with van der Waals surface area (Å²) in [6, 6.07) is 12.6. The zero-order valence-electron chi connectivity index (χ0n) is 17.5. The predicted octanol–water partition coefficient (Wildman–Crippen LogP) is 4.60. The average Bonchev–Trinajstić information content (AvgIpc) is 3.07. The standard InChI is InChI=1S/C23H28N2O4/c1-15-8-10-17(24(15)2)12-13-25-18-11-9-16(23(26)28-4)14-21(18)29-22-19(25)6-5-7-20(22)27-3/h5-7,9,11,14-15,17H,8,10,12-13H2,1-4H3. The van der Waals surface area contributed by atoms with Crippen LogP contribution in [0.2, 0.25) is 0 Å². The van der Waals surface area contributed by atoms with Crippen LogP contribution in [-0.2, 0) is 4.74 Å². The van der Waals surface area contributed by atoms with Crippen molar-refractivity contribution in [1.29, 1.82) is 0 Å². The van der Waals surface area contributed by atoms with Crippen LogP contribution in [0.25, 0.3) is 0 Å². The van der Waals surface area contributed by atoms with Gasteiger partial charge in [-0.1, -0.05) is 6.07 Å². The smallest absolute Gasteiger partial charge is 0.337 e. The van der Waals surface area contributed by atoms with Crippen LogP contribution in [0.1, 0.15) is 36.5 Å². The summed E-state index contributed by atoms with van der Waals surface area (Å²) in [5.74, 6) is 1.61. The molecule has 2 atom stereocenters. The topological polar surface area (TPSA) is 51.2 Å². The molecule has 0 bridgehead atoms. The van der Waals surface area contributed by atoms with E-state index in [2.05, 4.69) is 29.8 Å². The van der Waals surface area contributed by atoms with E-state index in [9.17, 15) is 4.79 Å². The Bertz CT molecular complexity index is 914. The third kappa shape index (κ3) is 3.53. The number of anilines is 2. The minimum atomic E-state index is -0.379. The van der Waals surface area contributed by atoms with Gasteiger partial charge in [-0.05, 0) is 63.6 Å². The van der Waals surface area contributed by atoms with Crippen LogP contribution >= 0.6 is 0 Å². The van der Waals surface area contributed by atoms with E-state index in [1.54, 1.807) is 19.2 Å². The lowest BCUT2D eigenvalue weighted by atomic mass is 10.1. The molecule has 0 amide bonds. The Morgan fingerprint density at radius 2 is 2.00 bits per heavy atom. The highest BCUT2D eigenvalue weighted by Crippen LogP contribution is 2.51. The molecule has 29 heavy (non-hydrogen) atoms. The number of para-hydroxylation sites is 1. The molecular formula is C23H28N2O4. The third-order valence-electron chi connectivity index (χ3n) is 6.23. The lowest BCUT2D eigenvalue weighted by Crippen LogP contribution is -2.34. The molecule has 2 aromatic rings. The fourth-order valence-electron chi connectivity index (χ4n) is 4.35. The van der Waals surface area contributed by atoms with Gasteiger partial charge in [0.25, 0.3) is 0 Å². The third-order valence-corrected chi connectivity index (χ3v) is 6.23. The monoisotopic (exact) mass is 396 g/mol. The van der Waals surface area contributed by atoms with Gasteiger partial charge in [0.15, 0.2) is 17.2 Å². The van der Waals surface area contributed by atoms with Crippen molar-refractivity contribution >= 4 is 17.3 Å². The Morgan fingerprint density at radius 3 is 2.69 bits per heavy atom. The van der Waals surface area contributed by atoms with Crippen LogP contribution in [0.4, 0.5) is 11.4 Å². The lowest BCUT2D eigenvalue weighted by Gasteiger charge is -2.35. The second-order valence-corrected chi connectivity index (χ2v) is 7.77. The number of ether oxygens (including phenoxy) is 3. The van der Waals surface area contributed by atoms with E-state index >= 15 is 0 Å². The lowest BCUT2D eigenvalue weighted by molar-refractivity contribution is 0.0600. The van der Waals surface area contributed by atoms with E-state index in [1.807, 2.05) is 18.2 Å². The molecule has 2 aliphatic heterocycles. The fraction of sp³-hybridized carbons (Fsp3) is 0.435. The van der Waals surface area contributed by atoms with Crippen molar-refractivity contribution in [2.24, 2.45) is 0 Å². The zero-order valence-corrected chi connectivity index (χ0v) is 17.5. The first-order valence-electron chi connectivity index (χ1n) is 10.1. The highest BCUT2D eigenvalue weighted by Gasteiger charge is 2.31. The van der Waals surface area contributed by atoms with Crippen molar-refractivity contribution in [2.75, 3.05) is 32.7 Å². The van der Waals surface area contributed by atoms with Crippen LogP contribution in [0.15, 0.2) is 36.4 Å². The second-order valence-electron chi connectivity index (χ2n) is 7.77. The van der Waals surface area contributed by atoms with Gasteiger partial charge in [-0.25, -0.2) is 4.79 Å². The molecule has 0 saturated carbocycles. The minimum Gasteiger partial charge on any atom is -0.493 e. The highest BCUT2D eigenvalue weighted by molar-refractivity contribution is 5.92. The van der Waals surface area contributed by atoms with E-state index in [1.165, 1.54) is 20.0 Å². The van der Waals surface area contributed by atoms with Crippen molar-refractivity contribution in [2.45, 2.75) is 38.3 Å². The first kappa shape index (κ1) is 19.6. The summed E-state index contributed by atoms with van der Waals surface area (Å²) in [5, 5.41) is 0. The molecule has 2 aliphatic rings. The van der Waals surface area contributed by atoms with Gasteiger partial charge in [-0.2, -0.15) is 0 Å². The number of likely N-dealkylation sites (tertiary alicyclic amines) is 1. The number of rotatable bonds is 5.